The lowest BCUT2D eigenvalue weighted by atomic mass is 10.0. The molecule has 0 nitrogen and oxygen atoms in total. The third kappa shape index (κ3) is 2.44. The van der Waals surface area contributed by atoms with Crippen molar-refractivity contribution in [3.05, 3.63) is 35.4 Å². The number of hydrogen-bond acceptors (Lipinski definition) is 1. The van der Waals surface area contributed by atoms with Gasteiger partial charge in [0.25, 0.3) is 5.92 Å². The molecule has 3 heteroatoms. The maximum atomic E-state index is 13.1. The Morgan fingerprint density at radius 1 is 1.23 bits per heavy atom. The van der Waals surface area contributed by atoms with Gasteiger partial charge in [-0.25, -0.2) is 8.78 Å². The van der Waals surface area contributed by atoms with Gasteiger partial charge in [0.2, 0.25) is 0 Å². The first-order valence-electron chi connectivity index (χ1n) is 4.18. The normalized spacial score (nSPS) is 11.7. The van der Waals surface area contributed by atoms with Crippen LogP contribution in [-0.2, 0) is 11.7 Å². The van der Waals surface area contributed by atoms with Crippen LogP contribution in [0.4, 0.5) is 8.78 Å². The summed E-state index contributed by atoms with van der Waals surface area (Å²) in [5.74, 6) is -2.12. The topological polar surface area (TPSA) is 0 Å². The molecule has 0 N–H and O–H groups in total. The van der Waals surface area contributed by atoms with E-state index in [9.17, 15) is 8.78 Å². The predicted molar refractivity (Wildman–Crippen MR) is 53.3 cm³/mol. The molecule has 0 aliphatic heterocycles. The first-order valence-corrected chi connectivity index (χ1v) is 4.81. The molecule has 0 aliphatic rings. The number of rotatable bonds is 3. The number of alkyl halides is 2. The summed E-state index contributed by atoms with van der Waals surface area (Å²) in [6, 6.07) is 6.31. The van der Waals surface area contributed by atoms with Crippen LogP contribution in [0, 0.1) is 0 Å². The molecule has 1 aromatic carbocycles. The smallest absolute Gasteiger partial charge is 0.201 e. The fourth-order valence-electron chi connectivity index (χ4n) is 1.06. The number of benzene rings is 1. The molecule has 0 heterocycles. The first-order chi connectivity index (χ1) is 6.10. The van der Waals surface area contributed by atoms with Crippen molar-refractivity contribution in [1.29, 1.82) is 0 Å². The van der Waals surface area contributed by atoms with Crippen LogP contribution in [0.15, 0.2) is 24.3 Å². The Hall–Kier alpha value is -0.570. The van der Waals surface area contributed by atoms with Crippen molar-refractivity contribution < 1.29 is 8.78 Å². The first kappa shape index (κ1) is 10.5. The van der Waals surface area contributed by atoms with Crippen molar-refractivity contribution in [1.82, 2.24) is 0 Å². The minimum atomic E-state index is -2.70. The molecule has 0 aliphatic carbocycles. The molecule has 0 saturated heterocycles. The Morgan fingerprint density at radius 3 is 2.15 bits per heavy atom. The second-order valence-electron chi connectivity index (χ2n) is 2.91. The van der Waals surface area contributed by atoms with Crippen LogP contribution >= 0.6 is 12.6 Å². The van der Waals surface area contributed by atoms with E-state index < -0.39 is 5.92 Å². The van der Waals surface area contributed by atoms with Crippen LogP contribution in [0.5, 0.6) is 0 Å². The standard InChI is InChI=1S/C10H12F2S/c1-2-10(11,12)9-5-3-8(7-13)4-6-9/h3-6,13H,2,7H2,1H3. The molecule has 0 saturated carbocycles. The van der Waals surface area contributed by atoms with Gasteiger partial charge in [0.1, 0.15) is 0 Å². The number of halogens is 2. The zero-order valence-corrected chi connectivity index (χ0v) is 8.32. The summed E-state index contributed by atoms with van der Waals surface area (Å²) in [6.07, 6.45) is -0.160. The molecule has 0 atom stereocenters. The van der Waals surface area contributed by atoms with Crippen LogP contribution in [0.2, 0.25) is 0 Å². The van der Waals surface area contributed by atoms with Crippen molar-refractivity contribution >= 4 is 12.6 Å². The van der Waals surface area contributed by atoms with E-state index in [1.165, 1.54) is 19.1 Å². The van der Waals surface area contributed by atoms with Crippen molar-refractivity contribution in [2.24, 2.45) is 0 Å². The van der Waals surface area contributed by atoms with Gasteiger partial charge in [-0.3, -0.25) is 0 Å². The number of hydrogen-bond donors (Lipinski definition) is 1. The summed E-state index contributed by atoms with van der Waals surface area (Å²) in [5.41, 5.74) is 1.04. The SMILES string of the molecule is CCC(F)(F)c1ccc(CS)cc1. The Morgan fingerprint density at radius 2 is 1.77 bits per heavy atom. The van der Waals surface area contributed by atoms with Gasteiger partial charge in [-0.2, -0.15) is 12.6 Å². The van der Waals surface area contributed by atoms with Crippen LogP contribution in [0.1, 0.15) is 24.5 Å². The average molecular weight is 202 g/mol. The van der Waals surface area contributed by atoms with Gasteiger partial charge in [-0.1, -0.05) is 31.2 Å². The van der Waals surface area contributed by atoms with Gasteiger partial charge in [-0.15, -0.1) is 0 Å². The van der Waals surface area contributed by atoms with Gasteiger partial charge in [0.05, 0.1) is 0 Å². The highest BCUT2D eigenvalue weighted by Gasteiger charge is 2.28. The molecule has 0 radical (unpaired) electrons. The fraction of sp³-hybridized carbons (Fsp3) is 0.400. The molecule has 13 heavy (non-hydrogen) atoms. The van der Waals surface area contributed by atoms with Gasteiger partial charge >= 0.3 is 0 Å². The van der Waals surface area contributed by atoms with Crippen LogP contribution in [-0.4, -0.2) is 0 Å². The van der Waals surface area contributed by atoms with Crippen molar-refractivity contribution in [2.75, 3.05) is 0 Å². The largest absolute Gasteiger partial charge is 0.273 e. The van der Waals surface area contributed by atoms with Gasteiger partial charge < -0.3 is 0 Å². The second-order valence-corrected chi connectivity index (χ2v) is 3.23. The van der Waals surface area contributed by atoms with Crippen molar-refractivity contribution in [3.63, 3.8) is 0 Å². The van der Waals surface area contributed by atoms with Crippen molar-refractivity contribution in [3.8, 4) is 0 Å². The van der Waals surface area contributed by atoms with E-state index in [-0.39, 0.29) is 12.0 Å². The van der Waals surface area contributed by atoms with Gasteiger partial charge in [-0.05, 0) is 5.56 Å². The van der Waals surface area contributed by atoms with Crippen molar-refractivity contribution in [2.45, 2.75) is 25.0 Å². The van der Waals surface area contributed by atoms with E-state index in [4.69, 9.17) is 0 Å². The molecule has 0 aromatic heterocycles. The van der Waals surface area contributed by atoms with Gasteiger partial charge in [0, 0.05) is 17.7 Å². The van der Waals surface area contributed by atoms with Crippen LogP contribution < -0.4 is 0 Å². The van der Waals surface area contributed by atoms with E-state index in [1.807, 2.05) is 0 Å². The third-order valence-electron chi connectivity index (χ3n) is 2.00. The third-order valence-corrected chi connectivity index (χ3v) is 2.37. The molecular weight excluding hydrogens is 190 g/mol. The predicted octanol–water partition coefficient (Wildman–Crippen LogP) is 3.62. The number of thiol groups is 1. The minimum absolute atomic E-state index is 0.0838. The molecular formula is C10H12F2S. The highest BCUT2D eigenvalue weighted by molar-refractivity contribution is 7.79. The molecule has 72 valence electrons. The molecule has 1 rings (SSSR count). The van der Waals surface area contributed by atoms with E-state index in [2.05, 4.69) is 12.6 Å². The molecule has 0 amide bonds. The van der Waals surface area contributed by atoms with E-state index >= 15 is 0 Å². The summed E-state index contributed by atoms with van der Waals surface area (Å²) in [7, 11) is 0. The Balaban J connectivity index is 2.92. The maximum Gasteiger partial charge on any atom is 0.273 e. The fourth-order valence-corrected chi connectivity index (χ4v) is 1.27. The Bertz CT molecular complexity index is 267. The highest BCUT2D eigenvalue weighted by atomic mass is 32.1. The Kier molecular flexibility index (Phi) is 3.31. The molecule has 0 fully saturated rings. The zero-order chi connectivity index (χ0) is 9.90. The van der Waals surface area contributed by atoms with E-state index in [1.54, 1.807) is 12.1 Å². The molecule has 0 bridgehead atoms. The maximum absolute atomic E-state index is 13.1. The highest BCUT2D eigenvalue weighted by Crippen LogP contribution is 2.31. The minimum Gasteiger partial charge on any atom is -0.201 e. The molecule has 1 aromatic rings. The lowest BCUT2D eigenvalue weighted by molar-refractivity contribution is -0.00829. The summed E-state index contributed by atoms with van der Waals surface area (Å²) in [6.45, 7) is 1.48. The zero-order valence-electron chi connectivity index (χ0n) is 7.43. The van der Waals surface area contributed by atoms with Gasteiger partial charge in [0.15, 0.2) is 0 Å². The summed E-state index contributed by atoms with van der Waals surface area (Å²) >= 11 is 4.05. The summed E-state index contributed by atoms with van der Waals surface area (Å²) < 4.78 is 26.2. The average Bonchev–Trinajstić information content (AvgIpc) is 2.18. The second kappa shape index (κ2) is 4.09. The molecule has 0 unspecified atom stereocenters. The van der Waals surface area contributed by atoms with Crippen LogP contribution in [0.3, 0.4) is 0 Å². The lowest BCUT2D eigenvalue weighted by Crippen LogP contribution is -2.11. The monoisotopic (exact) mass is 202 g/mol. The quantitative estimate of drug-likeness (QED) is 0.711. The van der Waals surface area contributed by atoms with E-state index in [0.717, 1.165) is 5.56 Å². The Labute approximate surface area is 82.4 Å². The summed E-state index contributed by atoms with van der Waals surface area (Å²) in [4.78, 5) is 0. The van der Waals surface area contributed by atoms with Crippen LogP contribution in [0.25, 0.3) is 0 Å². The molecule has 0 spiro atoms. The lowest BCUT2D eigenvalue weighted by Gasteiger charge is -2.14. The van der Waals surface area contributed by atoms with E-state index in [0.29, 0.717) is 5.75 Å². The summed E-state index contributed by atoms with van der Waals surface area (Å²) in [5, 5.41) is 0.